The third kappa shape index (κ3) is 8.26. The summed E-state index contributed by atoms with van der Waals surface area (Å²) in [5, 5.41) is 0.567. The largest absolute Gasteiger partial charge is 0.370 e. The lowest BCUT2D eigenvalue weighted by Crippen LogP contribution is -2.48. The van der Waals surface area contributed by atoms with Crippen LogP contribution in [0.2, 0.25) is 5.02 Å². The van der Waals surface area contributed by atoms with Crippen LogP contribution in [0.15, 0.2) is 41.6 Å². The number of carbonyl (C=O) groups is 1. The number of likely N-dealkylation sites (N-methyl/N-ethyl adjacent to an activating group) is 1. The van der Waals surface area contributed by atoms with Crippen LogP contribution in [0.5, 0.6) is 0 Å². The molecule has 0 saturated carbocycles. The van der Waals surface area contributed by atoms with Gasteiger partial charge in [0, 0.05) is 94.4 Å². The molecule has 3 aliphatic rings. The summed E-state index contributed by atoms with van der Waals surface area (Å²) in [6.45, 7) is 11.5. The number of amides is 1. The van der Waals surface area contributed by atoms with Gasteiger partial charge < -0.3 is 19.4 Å². The second-order valence-corrected chi connectivity index (χ2v) is 15.4. The highest BCUT2D eigenvalue weighted by Gasteiger charge is 2.39. The van der Waals surface area contributed by atoms with Crippen LogP contribution < -0.4 is 0 Å². The van der Waals surface area contributed by atoms with Crippen molar-refractivity contribution in [2.24, 2.45) is 0 Å². The summed E-state index contributed by atoms with van der Waals surface area (Å²) in [6.07, 6.45) is 9.52. The fourth-order valence-electron chi connectivity index (χ4n) is 7.08. The van der Waals surface area contributed by atoms with Crippen molar-refractivity contribution in [2.75, 3.05) is 66.0 Å². The first kappa shape index (κ1) is 34.3. The van der Waals surface area contributed by atoms with Crippen molar-refractivity contribution in [1.82, 2.24) is 24.0 Å². The van der Waals surface area contributed by atoms with Crippen molar-refractivity contribution in [2.45, 2.75) is 81.8 Å². The average Bonchev–Trinajstić information content (AvgIpc) is 3.05. The highest BCUT2D eigenvalue weighted by atomic mass is 35.5. The topological polar surface area (TPSA) is 86.3 Å². The predicted molar refractivity (Wildman–Crippen MR) is 178 cm³/mol. The third-order valence-corrected chi connectivity index (χ3v) is 12.5. The zero-order valence-electron chi connectivity index (χ0n) is 27.2. The molecule has 248 valence electrons. The highest BCUT2D eigenvalue weighted by molar-refractivity contribution is 7.89. The van der Waals surface area contributed by atoms with E-state index in [0.717, 1.165) is 82.4 Å². The number of rotatable bonds is 11. The van der Waals surface area contributed by atoms with Crippen LogP contribution in [0.4, 0.5) is 0 Å². The molecule has 0 spiro atoms. The molecule has 0 N–H and O–H groups in total. The number of ether oxygens (including phenoxy) is 1. The summed E-state index contributed by atoms with van der Waals surface area (Å²) in [7, 11) is -1.52. The van der Waals surface area contributed by atoms with Crippen molar-refractivity contribution in [3.05, 3.63) is 58.4 Å². The zero-order valence-corrected chi connectivity index (χ0v) is 28.8. The van der Waals surface area contributed by atoms with Gasteiger partial charge in [-0.3, -0.25) is 9.78 Å². The summed E-state index contributed by atoms with van der Waals surface area (Å²) in [6, 6.07) is 7.27. The van der Waals surface area contributed by atoms with Crippen LogP contribution in [0.1, 0.15) is 68.1 Å². The monoisotopic (exact) mass is 659 g/mol. The van der Waals surface area contributed by atoms with E-state index >= 15 is 0 Å². The van der Waals surface area contributed by atoms with Crippen LogP contribution in [0.3, 0.4) is 0 Å². The van der Waals surface area contributed by atoms with Crippen LogP contribution >= 0.6 is 11.6 Å². The zero-order chi connectivity index (χ0) is 32.0. The van der Waals surface area contributed by atoms with E-state index in [1.807, 2.05) is 24.1 Å². The van der Waals surface area contributed by atoms with Crippen molar-refractivity contribution in [3.8, 4) is 0 Å². The maximum absolute atomic E-state index is 13.8. The third-order valence-electron chi connectivity index (χ3n) is 10.0. The average molecular weight is 660 g/mol. The molecule has 1 aromatic carbocycles. The number of nitrogens with zero attached hydrogens (tertiary/aromatic N) is 5. The second kappa shape index (κ2) is 15.2. The molecule has 0 aliphatic carbocycles. The summed E-state index contributed by atoms with van der Waals surface area (Å²) in [5.74, 6) is 0.0892. The quantitative estimate of drug-likeness (QED) is 0.319. The van der Waals surface area contributed by atoms with Crippen molar-refractivity contribution in [1.29, 1.82) is 0 Å². The lowest BCUT2D eigenvalue weighted by Gasteiger charge is -2.42. The van der Waals surface area contributed by atoms with Crippen LogP contribution in [0, 0.1) is 13.8 Å². The Morgan fingerprint density at radius 1 is 1.04 bits per heavy atom. The number of benzene rings is 1. The number of pyridine rings is 1. The first-order valence-electron chi connectivity index (χ1n) is 16.6. The van der Waals surface area contributed by atoms with Crippen LogP contribution in [0.25, 0.3) is 0 Å². The molecule has 9 nitrogen and oxygen atoms in total. The molecule has 0 bridgehead atoms. The molecule has 11 heteroatoms. The van der Waals surface area contributed by atoms with Gasteiger partial charge in [-0.05, 0) is 88.7 Å². The van der Waals surface area contributed by atoms with Crippen molar-refractivity contribution < 1.29 is 17.9 Å². The lowest BCUT2D eigenvalue weighted by atomic mass is 9.84. The number of sulfonamides is 1. The summed E-state index contributed by atoms with van der Waals surface area (Å²) < 4.78 is 35.9. The minimum Gasteiger partial charge on any atom is -0.370 e. The van der Waals surface area contributed by atoms with Gasteiger partial charge in [-0.1, -0.05) is 24.1 Å². The summed E-state index contributed by atoms with van der Waals surface area (Å²) in [5.41, 5.74) is 2.03. The number of carbonyl (C=O) groups excluding carboxylic acids is 1. The first-order valence-corrected chi connectivity index (χ1v) is 18.4. The molecule has 1 atom stereocenters. The standard InChI is InChI=1S/C34H50ClN5O4S/c1-27-25-32(28(2)24-31(27)35)45(42,43)40-16-5-4-9-30(40)10-11-33(41)39-17-12-34(13-18-39,29-8-6-14-36-26-29)44-23-7-15-38-21-19-37(3)20-22-38/h6,8,14,24-26,30H,4-5,7,9-13,15-23H2,1-3H3. The Morgan fingerprint density at radius 2 is 1.80 bits per heavy atom. The summed E-state index contributed by atoms with van der Waals surface area (Å²) >= 11 is 6.26. The van der Waals surface area contributed by atoms with Crippen molar-refractivity contribution >= 4 is 27.5 Å². The number of aryl methyl sites for hydroxylation is 2. The number of aromatic nitrogens is 1. The van der Waals surface area contributed by atoms with Gasteiger partial charge in [0.25, 0.3) is 0 Å². The molecule has 0 radical (unpaired) electrons. The molecule has 3 saturated heterocycles. The van der Waals surface area contributed by atoms with Gasteiger partial charge in [0.05, 0.1) is 10.5 Å². The predicted octanol–water partition coefficient (Wildman–Crippen LogP) is 4.85. The molecule has 4 heterocycles. The van der Waals surface area contributed by atoms with E-state index in [9.17, 15) is 13.2 Å². The molecule has 2 aromatic rings. The molecule has 3 aliphatic heterocycles. The normalized spacial score (nSPS) is 22.0. The second-order valence-electron chi connectivity index (χ2n) is 13.1. The Bertz CT molecular complexity index is 1390. The minimum absolute atomic E-state index is 0.0892. The molecule has 1 unspecified atom stereocenters. The van der Waals surface area contributed by atoms with Gasteiger partial charge in [0.1, 0.15) is 0 Å². The molecule has 3 fully saturated rings. The Labute approximate surface area is 274 Å². The van der Waals surface area contributed by atoms with Gasteiger partial charge >= 0.3 is 0 Å². The number of hydrogen-bond donors (Lipinski definition) is 0. The SMILES string of the molecule is Cc1cc(S(=O)(=O)N2CCCCC2CCC(=O)N2CCC(OCCCN3CCN(C)CC3)(c3cccnc3)CC2)c(C)cc1Cl. The fraction of sp³-hybridized carbons (Fsp3) is 0.647. The van der Waals surface area contributed by atoms with Gasteiger partial charge in [-0.25, -0.2) is 8.42 Å². The smallest absolute Gasteiger partial charge is 0.243 e. The Hall–Kier alpha value is -2.08. The Kier molecular flexibility index (Phi) is 11.6. The molecule has 45 heavy (non-hydrogen) atoms. The molecule has 1 amide bonds. The van der Waals surface area contributed by atoms with E-state index in [1.54, 1.807) is 29.6 Å². The van der Waals surface area contributed by atoms with E-state index in [4.69, 9.17) is 16.3 Å². The maximum atomic E-state index is 13.8. The molecular formula is C34H50ClN5O4S. The first-order chi connectivity index (χ1) is 21.6. The number of piperidine rings is 2. The van der Waals surface area contributed by atoms with Crippen LogP contribution in [-0.2, 0) is 25.2 Å². The summed E-state index contributed by atoms with van der Waals surface area (Å²) in [4.78, 5) is 25.0. The van der Waals surface area contributed by atoms with E-state index in [2.05, 4.69) is 27.9 Å². The molecule has 1 aromatic heterocycles. The van der Waals surface area contributed by atoms with Gasteiger partial charge in [-0.2, -0.15) is 4.31 Å². The van der Waals surface area contributed by atoms with Gasteiger partial charge in [0.15, 0.2) is 0 Å². The number of halogens is 1. The van der Waals surface area contributed by atoms with Crippen molar-refractivity contribution in [3.63, 3.8) is 0 Å². The minimum atomic E-state index is -3.70. The number of hydrogen-bond acceptors (Lipinski definition) is 7. The van der Waals surface area contributed by atoms with E-state index in [0.29, 0.717) is 54.6 Å². The number of likely N-dealkylation sites (tertiary alicyclic amines) is 1. The van der Waals surface area contributed by atoms with E-state index in [1.165, 1.54) is 0 Å². The Balaban J connectivity index is 1.17. The lowest BCUT2D eigenvalue weighted by molar-refractivity contribution is -0.140. The van der Waals surface area contributed by atoms with Gasteiger partial charge in [0.2, 0.25) is 15.9 Å². The fourth-order valence-corrected chi connectivity index (χ4v) is 9.31. The van der Waals surface area contributed by atoms with Gasteiger partial charge in [-0.15, -0.1) is 0 Å². The number of piperazine rings is 1. The molecule has 5 rings (SSSR count). The Morgan fingerprint density at radius 3 is 2.51 bits per heavy atom. The highest BCUT2D eigenvalue weighted by Crippen LogP contribution is 2.37. The van der Waals surface area contributed by atoms with E-state index < -0.39 is 15.6 Å². The van der Waals surface area contributed by atoms with E-state index in [-0.39, 0.29) is 11.9 Å². The maximum Gasteiger partial charge on any atom is 0.243 e. The van der Waals surface area contributed by atoms with Crippen LogP contribution in [-0.4, -0.2) is 110 Å². The molecular weight excluding hydrogens is 610 g/mol.